The summed E-state index contributed by atoms with van der Waals surface area (Å²) in [5, 5.41) is 3.98. The first kappa shape index (κ1) is 13.1. The third-order valence-corrected chi connectivity index (χ3v) is 4.59. The number of nitrogen functional groups attached to an aromatic ring is 1. The second kappa shape index (κ2) is 6.02. The van der Waals surface area contributed by atoms with Gasteiger partial charge >= 0.3 is 0 Å². The number of anilines is 1. The Balaban J connectivity index is 2.20. The average Bonchev–Trinajstić information content (AvgIpc) is 2.84. The molecule has 0 saturated carbocycles. The second-order valence-electron chi connectivity index (χ2n) is 3.75. The van der Waals surface area contributed by atoms with Crippen molar-refractivity contribution < 1.29 is 8.95 Å². The third-order valence-electron chi connectivity index (χ3n) is 2.42. The van der Waals surface area contributed by atoms with Gasteiger partial charge in [0.2, 0.25) is 0 Å². The lowest BCUT2D eigenvalue weighted by Crippen LogP contribution is -2.01. The monoisotopic (exact) mass is 281 g/mol. The molecule has 0 aliphatic carbocycles. The van der Waals surface area contributed by atoms with Crippen molar-refractivity contribution in [3.05, 3.63) is 40.6 Å². The van der Waals surface area contributed by atoms with Gasteiger partial charge in [-0.15, -0.1) is 0 Å². The van der Waals surface area contributed by atoms with Gasteiger partial charge in [0.15, 0.2) is 0 Å². The van der Waals surface area contributed by atoms with E-state index in [1.54, 1.807) is 29.5 Å². The highest BCUT2D eigenvalue weighted by Gasteiger charge is 2.10. The van der Waals surface area contributed by atoms with Crippen LogP contribution in [0.15, 0.2) is 39.9 Å². The Morgan fingerprint density at radius 3 is 2.89 bits per heavy atom. The van der Waals surface area contributed by atoms with Crippen molar-refractivity contribution in [3.8, 4) is 5.75 Å². The fourth-order valence-corrected chi connectivity index (χ4v) is 3.56. The fraction of sp³-hybridized carbons (Fsp3) is 0.231. The molecule has 1 atom stereocenters. The predicted molar refractivity (Wildman–Crippen MR) is 76.5 cm³/mol. The highest BCUT2D eigenvalue weighted by atomic mass is 32.2. The Hall–Kier alpha value is -1.33. The van der Waals surface area contributed by atoms with E-state index in [0.717, 1.165) is 5.56 Å². The standard InChI is InChI=1S/C13H15NO2S2/c1-2-16-11-3-4-12(14)13(7-11)18(15)9-10-5-6-17-8-10/h3-8H,2,9,14H2,1H3. The van der Waals surface area contributed by atoms with Gasteiger partial charge in [-0.2, -0.15) is 11.3 Å². The van der Waals surface area contributed by atoms with Crippen LogP contribution in [0.4, 0.5) is 5.69 Å². The molecule has 0 spiro atoms. The quantitative estimate of drug-likeness (QED) is 0.857. The first-order chi connectivity index (χ1) is 8.70. The average molecular weight is 281 g/mol. The Bertz CT molecular complexity index is 538. The number of rotatable bonds is 5. The minimum atomic E-state index is -1.14. The fourth-order valence-electron chi connectivity index (χ4n) is 1.57. The summed E-state index contributed by atoms with van der Waals surface area (Å²) in [5.41, 5.74) is 7.49. The molecule has 1 heterocycles. The molecule has 1 aromatic heterocycles. The van der Waals surface area contributed by atoms with Gasteiger partial charge in [-0.1, -0.05) is 0 Å². The molecule has 18 heavy (non-hydrogen) atoms. The van der Waals surface area contributed by atoms with Gasteiger partial charge in [0.05, 0.1) is 28.1 Å². The summed E-state index contributed by atoms with van der Waals surface area (Å²) in [4.78, 5) is 0.646. The summed E-state index contributed by atoms with van der Waals surface area (Å²) in [6.07, 6.45) is 0. The van der Waals surface area contributed by atoms with E-state index in [1.165, 1.54) is 0 Å². The number of ether oxygens (including phenoxy) is 1. The number of benzene rings is 1. The minimum Gasteiger partial charge on any atom is -0.494 e. The molecular formula is C13H15NO2S2. The zero-order valence-electron chi connectivity index (χ0n) is 10.1. The van der Waals surface area contributed by atoms with Gasteiger partial charge in [0, 0.05) is 5.69 Å². The molecule has 3 nitrogen and oxygen atoms in total. The van der Waals surface area contributed by atoms with Crippen molar-refractivity contribution in [1.29, 1.82) is 0 Å². The van der Waals surface area contributed by atoms with E-state index in [9.17, 15) is 4.21 Å². The van der Waals surface area contributed by atoms with Crippen molar-refractivity contribution in [3.63, 3.8) is 0 Å². The largest absolute Gasteiger partial charge is 0.494 e. The minimum absolute atomic E-state index is 0.489. The maximum atomic E-state index is 12.3. The predicted octanol–water partition coefficient (Wildman–Crippen LogP) is 3.04. The lowest BCUT2D eigenvalue weighted by molar-refractivity contribution is 0.339. The maximum absolute atomic E-state index is 12.3. The van der Waals surface area contributed by atoms with Gasteiger partial charge in [-0.3, -0.25) is 4.21 Å². The lowest BCUT2D eigenvalue weighted by atomic mass is 10.3. The molecule has 0 saturated heterocycles. The Kier molecular flexibility index (Phi) is 4.38. The number of hydrogen-bond acceptors (Lipinski definition) is 4. The van der Waals surface area contributed by atoms with Crippen LogP contribution >= 0.6 is 11.3 Å². The van der Waals surface area contributed by atoms with Crippen LogP contribution in [0, 0.1) is 0 Å². The van der Waals surface area contributed by atoms with Crippen LogP contribution in [-0.4, -0.2) is 10.8 Å². The molecule has 5 heteroatoms. The SMILES string of the molecule is CCOc1ccc(N)c(S(=O)Cc2ccsc2)c1. The lowest BCUT2D eigenvalue weighted by Gasteiger charge is -2.08. The molecule has 0 aliphatic rings. The normalized spacial score (nSPS) is 12.3. The molecule has 2 N–H and O–H groups in total. The van der Waals surface area contributed by atoms with Crippen LogP contribution in [0.2, 0.25) is 0 Å². The highest BCUT2D eigenvalue weighted by Crippen LogP contribution is 2.25. The van der Waals surface area contributed by atoms with Crippen molar-refractivity contribution in [2.75, 3.05) is 12.3 Å². The zero-order chi connectivity index (χ0) is 13.0. The van der Waals surface area contributed by atoms with Crippen LogP contribution in [0.5, 0.6) is 5.75 Å². The van der Waals surface area contributed by atoms with E-state index in [2.05, 4.69) is 0 Å². The van der Waals surface area contributed by atoms with Gasteiger partial charge < -0.3 is 10.5 Å². The summed E-state index contributed by atoms with van der Waals surface area (Å²) in [7, 11) is -1.14. The summed E-state index contributed by atoms with van der Waals surface area (Å²) in [6.45, 7) is 2.50. The Morgan fingerprint density at radius 2 is 2.22 bits per heavy atom. The summed E-state index contributed by atoms with van der Waals surface area (Å²) < 4.78 is 17.7. The van der Waals surface area contributed by atoms with E-state index < -0.39 is 10.8 Å². The zero-order valence-corrected chi connectivity index (χ0v) is 11.7. The van der Waals surface area contributed by atoms with E-state index >= 15 is 0 Å². The third kappa shape index (κ3) is 3.11. The van der Waals surface area contributed by atoms with Crippen molar-refractivity contribution in [2.24, 2.45) is 0 Å². The first-order valence-corrected chi connectivity index (χ1v) is 7.88. The molecule has 1 aromatic carbocycles. The maximum Gasteiger partial charge on any atom is 0.120 e. The van der Waals surface area contributed by atoms with Gasteiger partial charge in [0.1, 0.15) is 5.75 Å². The molecular weight excluding hydrogens is 266 g/mol. The smallest absolute Gasteiger partial charge is 0.120 e. The van der Waals surface area contributed by atoms with E-state index in [-0.39, 0.29) is 0 Å². The van der Waals surface area contributed by atoms with Gasteiger partial charge in [-0.05, 0) is 47.5 Å². The highest BCUT2D eigenvalue weighted by molar-refractivity contribution is 7.84. The Morgan fingerprint density at radius 1 is 1.39 bits per heavy atom. The molecule has 0 radical (unpaired) electrons. The molecule has 96 valence electrons. The molecule has 0 bridgehead atoms. The van der Waals surface area contributed by atoms with Crippen LogP contribution in [-0.2, 0) is 16.6 Å². The number of nitrogens with two attached hydrogens (primary N) is 1. The molecule has 1 unspecified atom stereocenters. The van der Waals surface area contributed by atoms with Crippen LogP contribution in [0.25, 0.3) is 0 Å². The summed E-state index contributed by atoms with van der Waals surface area (Å²) in [5.74, 6) is 1.20. The van der Waals surface area contributed by atoms with Gasteiger partial charge in [0.25, 0.3) is 0 Å². The summed E-state index contributed by atoms with van der Waals surface area (Å²) in [6, 6.07) is 7.28. The molecule has 2 rings (SSSR count). The Labute approximate surface area is 113 Å². The van der Waals surface area contributed by atoms with Crippen LogP contribution < -0.4 is 10.5 Å². The van der Waals surface area contributed by atoms with E-state index in [4.69, 9.17) is 10.5 Å². The number of hydrogen-bond donors (Lipinski definition) is 1. The van der Waals surface area contributed by atoms with Crippen molar-refractivity contribution >= 4 is 27.8 Å². The van der Waals surface area contributed by atoms with Gasteiger partial charge in [-0.25, -0.2) is 0 Å². The van der Waals surface area contributed by atoms with Crippen molar-refractivity contribution in [1.82, 2.24) is 0 Å². The first-order valence-electron chi connectivity index (χ1n) is 5.62. The van der Waals surface area contributed by atoms with E-state index in [0.29, 0.717) is 28.7 Å². The topological polar surface area (TPSA) is 52.3 Å². The van der Waals surface area contributed by atoms with E-state index in [1.807, 2.05) is 23.8 Å². The molecule has 0 amide bonds. The van der Waals surface area contributed by atoms with Crippen LogP contribution in [0.3, 0.4) is 0 Å². The van der Waals surface area contributed by atoms with Crippen LogP contribution in [0.1, 0.15) is 12.5 Å². The second-order valence-corrected chi connectivity index (χ2v) is 5.95. The molecule has 0 fully saturated rings. The van der Waals surface area contributed by atoms with Crippen molar-refractivity contribution in [2.45, 2.75) is 17.6 Å². The molecule has 2 aromatic rings. The number of thiophene rings is 1. The molecule has 0 aliphatic heterocycles. The summed E-state index contributed by atoms with van der Waals surface area (Å²) >= 11 is 1.60.